The van der Waals surface area contributed by atoms with Crippen molar-refractivity contribution in [2.75, 3.05) is 28.4 Å². The summed E-state index contributed by atoms with van der Waals surface area (Å²) in [7, 11) is 5.04. The Morgan fingerprint density at radius 2 is 0.850 bits per heavy atom. The first-order valence-electron chi connectivity index (χ1n) is 13.2. The fourth-order valence-corrected chi connectivity index (χ4v) is 7.13. The molecule has 0 saturated heterocycles. The van der Waals surface area contributed by atoms with Gasteiger partial charge in [0.05, 0.1) is 28.4 Å². The summed E-state index contributed by atoms with van der Waals surface area (Å²) in [5, 5.41) is 0. The SMILES string of the molecule is COC(=O)C1(C(=O)OC)CC2=C(c3ccccc3)C(c3ccccc3)=C3CC(C(=O)OC)(C(=O)OC)C[C@@H]3[C@H]2C1. The molecule has 0 radical (unpaired) electrons. The Hall–Kier alpha value is -4.20. The molecule has 0 aliphatic heterocycles. The van der Waals surface area contributed by atoms with Crippen LogP contribution in [-0.4, -0.2) is 52.3 Å². The van der Waals surface area contributed by atoms with Gasteiger partial charge in [0.15, 0.2) is 10.8 Å². The number of rotatable bonds is 6. The molecule has 2 atom stereocenters. The van der Waals surface area contributed by atoms with E-state index in [-0.39, 0.29) is 37.5 Å². The summed E-state index contributed by atoms with van der Waals surface area (Å²) in [4.78, 5) is 53.2. The second kappa shape index (κ2) is 10.4. The summed E-state index contributed by atoms with van der Waals surface area (Å²) in [6.45, 7) is 0. The Morgan fingerprint density at radius 3 is 1.12 bits per heavy atom. The third kappa shape index (κ3) is 3.96. The van der Waals surface area contributed by atoms with Crippen LogP contribution in [0.2, 0.25) is 0 Å². The Balaban J connectivity index is 1.84. The van der Waals surface area contributed by atoms with Crippen molar-refractivity contribution in [1.82, 2.24) is 0 Å². The first-order chi connectivity index (χ1) is 19.3. The van der Waals surface area contributed by atoms with E-state index in [9.17, 15) is 19.2 Å². The van der Waals surface area contributed by atoms with Crippen LogP contribution in [0.4, 0.5) is 0 Å². The second-order valence-corrected chi connectivity index (χ2v) is 10.6. The van der Waals surface area contributed by atoms with E-state index in [1.54, 1.807) is 0 Å². The topological polar surface area (TPSA) is 105 Å². The number of carbonyl (C=O) groups is 4. The van der Waals surface area contributed by atoms with Gasteiger partial charge in [-0.3, -0.25) is 19.2 Å². The molecule has 2 aromatic rings. The zero-order valence-corrected chi connectivity index (χ0v) is 23.0. The molecular weight excluding hydrogens is 512 g/mol. The molecule has 8 heteroatoms. The number of benzene rings is 2. The van der Waals surface area contributed by atoms with Gasteiger partial charge in [-0.15, -0.1) is 0 Å². The highest BCUT2D eigenvalue weighted by molar-refractivity contribution is 6.12. The largest absolute Gasteiger partial charge is 0.468 e. The molecule has 0 bridgehead atoms. The maximum atomic E-state index is 13.3. The van der Waals surface area contributed by atoms with Crippen LogP contribution in [0.5, 0.6) is 0 Å². The quantitative estimate of drug-likeness (QED) is 0.300. The molecule has 0 amide bonds. The lowest BCUT2D eigenvalue weighted by Crippen LogP contribution is -2.40. The molecule has 2 saturated carbocycles. The molecule has 208 valence electrons. The number of esters is 4. The summed E-state index contributed by atoms with van der Waals surface area (Å²) in [6.07, 6.45) is 0.467. The monoisotopic (exact) mass is 544 g/mol. The van der Waals surface area contributed by atoms with Gasteiger partial charge in [0.25, 0.3) is 0 Å². The van der Waals surface area contributed by atoms with E-state index in [0.717, 1.165) is 33.4 Å². The van der Waals surface area contributed by atoms with Crippen molar-refractivity contribution < 1.29 is 38.1 Å². The zero-order valence-electron chi connectivity index (χ0n) is 23.0. The minimum atomic E-state index is -1.55. The van der Waals surface area contributed by atoms with Crippen molar-refractivity contribution in [3.63, 3.8) is 0 Å². The molecule has 3 aliphatic rings. The number of carbonyl (C=O) groups excluding carboxylic acids is 4. The predicted molar refractivity (Wildman–Crippen MR) is 145 cm³/mol. The fourth-order valence-electron chi connectivity index (χ4n) is 7.13. The normalized spacial score (nSPS) is 22.2. The molecule has 2 fully saturated rings. The maximum absolute atomic E-state index is 13.3. The van der Waals surface area contributed by atoms with Crippen LogP contribution < -0.4 is 0 Å². The number of allylic oxidation sites excluding steroid dienone is 4. The minimum absolute atomic E-state index is 0.102. The Labute approximate surface area is 232 Å². The van der Waals surface area contributed by atoms with Crippen molar-refractivity contribution in [2.45, 2.75) is 25.7 Å². The van der Waals surface area contributed by atoms with Crippen molar-refractivity contribution in [1.29, 1.82) is 0 Å². The van der Waals surface area contributed by atoms with Crippen molar-refractivity contribution in [2.24, 2.45) is 22.7 Å². The van der Waals surface area contributed by atoms with Gasteiger partial charge in [-0.05, 0) is 59.8 Å². The van der Waals surface area contributed by atoms with Crippen LogP contribution in [-0.2, 0) is 38.1 Å². The third-order valence-electron chi connectivity index (χ3n) is 8.82. The summed E-state index contributed by atoms with van der Waals surface area (Å²) in [5.74, 6) is -3.31. The lowest BCUT2D eigenvalue weighted by atomic mass is 9.70. The molecule has 3 aliphatic carbocycles. The molecule has 0 spiro atoms. The predicted octanol–water partition coefficient (Wildman–Crippen LogP) is 4.39. The molecule has 0 N–H and O–H groups in total. The zero-order chi connectivity index (χ0) is 28.7. The molecule has 40 heavy (non-hydrogen) atoms. The Bertz CT molecular complexity index is 1280. The van der Waals surface area contributed by atoms with Gasteiger partial charge in [0.1, 0.15) is 0 Å². The Morgan fingerprint density at radius 1 is 0.550 bits per heavy atom. The molecule has 0 aromatic heterocycles. The van der Waals surface area contributed by atoms with E-state index in [0.29, 0.717) is 0 Å². The molecular formula is C32H32O8. The standard InChI is InChI=1S/C32H32O8/c1-37-27(33)31(28(34)38-2)15-21-22-16-32(29(35)39-3,30(36)40-4)18-24(22)26(20-13-9-6-10-14-20)25(23(21)17-31)19-11-7-5-8-12-19/h5-14,21-22H,15-18H2,1-4H3/t21-,22-/m1/s1. The van der Waals surface area contributed by atoms with Gasteiger partial charge >= 0.3 is 23.9 Å². The average Bonchev–Trinajstić information content (AvgIpc) is 3.61. The smallest absolute Gasteiger partial charge is 0.323 e. The van der Waals surface area contributed by atoms with Gasteiger partial charge in [-0.25, -0.2) is 0 Å². The van der Waals surface area contributed by atoms with Gasteiger partial charge in [0.2, 0.25) is 0 Å². The van der Waals surface area contributed by atoms with Crippen LogP contribution >= 0.6 is 0 Å². The highest BCUT2D eigenvalue weighted by atomic mass is 16.6. The van der Waals surface area contributed by atoms with Crippen LogP contribution in [0, 0.1) is 22.7 Å². The van der Waals surface area contributed by atoms with Crippen LogP contribution in [0.25, 0.3) is 11.1 Å². The minimum Gasteiger partial charge on any atom is -0.468 e. The fraction of sp³-hybridized carbons (Fsp3) is 0.375. The number of fused-ring (bicyclic) bond motifs is 3. The molecule has 0 unspecified atom stereocenters. The van der Waals surface area contributed by atoms with E-state index in [2.05, 4.69) is 0 Å². The van der Waals surface area contributed by atoms with Crippen LogP contribution in [0.3, 0.4) is 0 Å². The van der Waals surface area contributed by atoms with E-state index in [1.165, 1.54) is 28.4 Å². The average molecular weight is 545 g/mol. The number of methoxy groups -OCH3 is 4. The molecule has 5 rings (SSSR count). The van der Waals surface area contributed by atoms with E-state index >= 15 is 0 Å². The summed E-state index contributed by atoms with van der Waals surface area (Å²) in [6, 6.07) is 19.5. The van der Waals surface area contributed by atoms with Gasteiger partial charge < -0.3 is 18.9 Å². The van der Waals surface area contributed by atoms with Gasteiger partial charge in [-0.1, -0.05) is 71.8 Å². The van der Waals surface area contributed by atoms with Crippen molar-refractivity contribution in [3.05, 3.63) is 82.9 Å². The molecule has 8 nitrogen and oxygen atoms in total. The van der Waals surface area contributed by atoms with E-state index in [4.69, 9.17) is 18.9 Å². The van der Waals surface area contributed by atoms with Crippen LogP contribution in [0.1, 0.15) is 36.8 Å². The molecule has 0 heterocycles. The highest BCUT2D eigenvalue weighted by Gasteiger charge is 2.64. The third-order valence-corrected chi connectivity index (χ3v) is 8.82. The molecule has 2 aromatic carbocycles. The van der Waals surface area contributed by atoms with E-state index < -0.39 is 34.7 Å². The maximum Gasteiger partial charge on any atom is 0.323 e. The summed E-state index contributed by atoms with van der Waals surface area (Å²) < 4.78 is 20.6. The highest BCUT2D eigenvalue weighted by Crippen LogP contribution is 2.65. The summed E-state index contributed by atoms with van der Waals surface area (Å²) in [5.41, 5.74) is 2.30. The van der Waals surface area contributed by atoms with Gasteiger partial charge in [-0.2, -0.15) is 0 Å². The second-order valence-electron chi connectivity index (χ2n) is 10.6. The van der Waals surface area contributed by atoms with Crippen LogP contribution in [0.15, 0.2) is 71.8 Å². The number of hydrogen-bond donors (Lipinski definition) is 0. The number of hydrogen-bond acceptors (Lipinski definition) is 8. The lowest BCUT2D eigenvalue weighted by molar-refractivity contribution is -0.171. The summed E-state index contributed by atoms with van der Waals surface area (Å²) >= 11 is 0. The number of ether oxygens (including phenoxy) is 4. The van der Waals surface area contributed by atoms with Crippen molar-refractivity contribution in [3.8, 4) is 0 Å². The van der Waals surface area contributed by atoms with Gasteiger partial charge in [0, 0.05) is 0 Å². The lowest BCUT2D eigenvalue weighted by Gasteiger charge is -2.33. The van der Waals surface area contributed by atoms with E-state index in [1.807, 2.05) is 60.7 Å². The Kier molecular flexibility index (Phi) is 7.12. The first-order valence-corrected chi connectivity index (χ1v) is 13.2. The van der Waals surface area contributed by atoms with Crippen molar-refractivity contribution >= 4 is 35.0 Å². The first kappa shape index (κ1) is 27.4.